The molecule has 0 bridgehead atoms. The van der Waals surface area contributed by atoms with E-state index in [1.165, 1.54) is 17.5 Å². The number of aliphatic hydroxyl groups excluding tert-OH is 1. The summed E-state index contributed by atoms with van der Waals surface area (Å²) in [6, 6.07) is 3.14. The van der Waals surface area contributed by atoms with Crippen LogP contribution in [0.25, 0.3) is 5.52 Å². The molecule has 0 aliphatic carbocycles. The number of aliphatic hydroxyl groups is 1. The molecule has 4 atom stereocenters. The van der Waals surface area contributed by atoms with E-state index in [1.807, 2.05) is 6.07 Å². The number of ether oxygens (including phenoxy) is 3. The van der Waals surface area contributed by atoms with Crippen molar-refractivity contribution in [3.05, 3.63) is 23.9 Å². The van der Waals surface area contributed by atoms with Gasteiger partial charge < -0.3 is 24.6 Å². The third kappa shape index (κ3) is 2.65. The largest absolute Gasteiger partial charge is 0.392 e. The third-order valence-corrected chi connectivity index (χ3v) is 4.77. The number of nitrogens with zero attached hydrogens (tertiary/aromatic N) is 4. The Hall–Kier alpha value is -2.65. The smallest absolute Gasteiger partial charge is 0.222 e. The summed E-state index contributed by atoms with van der Waals surface area (Å²) < 4.78 is 33.5. The average Bonchev–Trinajstić information content (AvgIpc) is 3.23. The van der Waals surface area contributed by atoms with Crippen molar-refractivity contribution < 1.29 is 28.5 Å². The highest BCUT2D eigenvalue weighted by atomic mass is 19.1. The molecule has 1 amide bonds. The van der Waals surface area contributed by atoms with Gasteiger partial charge in [0, 0.05) is 13.0 Å². The van der Waals surface area contributed by atoms with Crippen LogP contribution in [-0.4, -0.2) is 55.8 Å². The molecule has 2 aromatic rings. The molecule has 2 fully saturated rings. The number of hydrogen-bond donors (Lipinski definition) is 2. The Bertz CT molecular complexity index is 1000. The van der Waals surface area contributed by atoms with E-state index >= 15 is 0 Å². The minimum Gasteiger partial charge on any atom is -0.392 e. The van der Waals surface area contributed by atoms with E-state index < -0.39 is 48.0 Å². The molecule has 0 unspecified atom stereocenters. The van der Waals surface area contributed by atoms with Gasteiger partial charge in [0.05, 0.1) is 12.3 Å². The Morgan fingerprint density at radius 2 is 2.21 bits per heavy atom. The zero-order valence-corrected chi connectivity index (χ0v) is 15.3. The van der Waals surface area contributed by atoms with Crippen LogP contribution >= 0.6 is 0 Å². The highest BCUT2D eigenvalue weighted by Gasteiger charge is 2.64. The molecule has 2 N–H and O–H groups in total. The summed E-state index contributed by atoms with van der Waals surface area (Å²) in [6.07, 6.45) is -1.45. The van der Waals surface area contributed by atoms with Gasteiger partial charge in [0.1, 0.15) is 36.2 Å². The fraction of sp³-hybridized carbons (Fsp3) is 0.529. The second kappa shape index (κ2) is 6.18. The van der Waals surface area contributed by atoms with Crippen LogP contribution in [-0.2, 0) is 19.0 Å². The van der Waals surface area contributed by atoms with Crippen LogP contribution in [0.2, 0.25) is 0 Å². The highest BCUT2D eigenvalue weighted by Crippen LogP contribution is 2.50. The number of carbonyl (C=O) groups excluding carboxylic acids is 1. The Morgan fingerprint density at radius 3 is 2.86 bits per heavy atom. The van der Waals surface area contributed by atoms with Crippen LogP contribution in [0.15, 0.2) is 12.4 Å². The quantitative estimate of drug-likeness (QED) is 0.781. The van der Waals surface area contributed by atoms with Crippen LogP contribution < -0.4 is 5.32 Å². The zero-order chi connectivity index (χ0) is 20.3. The number of aromatic nitrogens is 3. The van der Waals surface area contributed by atoms with Crippen LogP contribution in [0.3, 0.4) is 0 Å². The van der Waals surface area contributed by atoms with Crippen molar-refractivity contribution in [1.82, 2.24) is 14.6 Å². The Kier molecular flexibility index (Phi) is 4.13. The molecular formula is C17H18FN5O5. The first kappa shape index (κ1) is 18.7. The summed E-state index contributed by atoms with van der Waals surface area (Å²) in [4.78, 5) is 15.3. The number of halogens is 1. The molecule has 28 heavy (non-hydrogen) atoms. The Labute approximate surface area is 158 Å². The van der Waals surface area contributed by atoms with E-state index in [1.54, 1.807) is 13.8 Å². The first-order valence-corrected chi connectivity index (χ1v) is 8.56. The molecule has 2 aliphatic rings. The van der Waals surface area contributed by atoms with Crippen LogP contribution in [0.1, 0.15) is 32.6 Å². The number of anilines is 1. The minimum absolute atomic E-state index is 0.00146. The van der Waals surface area contributed by atoms with Crippen molar-refractivity contribution >= 4 is 17.2 Å². The molecule has 0 radical (unpaired) electrons. The summed E-state index contributed by atoms with van der Waals surface area (Å²) in [5.74, 6) is -2.12. The number of rotatable bonds is 3. The summed E-state index contributed by atoms with van der Waals surface area (Å²) in [7, 11) is 0. The van der Waals surface area contributed by atoms with Crippen LogP contribution in [0.5, 0.6) is 0 Å². The SMILES string of the molecule is CC(=O)Nc1ncnn2c([C@@H]3O[C@](C#N)(CO)[C@H]4OC(C)(C)O[C@@H]34)cc(F)c12. The lowest BCUT2D eigenvalue weighted by Gasteiger charge is -2.27. The zero-order valence-electron chi connectivity index (χ0n) is 15.3. The minimum atomic E-state index is -1.67. The number of nitrogens with one attached hydrogen (secondary N) is 1. The van der Waals surface area contributed by atoms with E-state index in [-0.39, 0.29) is 17.0 Å². The number of nitriles is 1. The van der Waals surface area contributed by atoms with Gasteiger partial charge in [0.25, 0.3) is 0 Å². The van der Waals surface area contributed by atoms with E-state index in [0.29, 0.717) is 0 Å². The second-order valence-electron chi connectivity index (χ2n) is 7.19. The van der Waals surface area contributed by atoms with Gasteiger partial charge in [-0.2, -0.15) is 10.4 Å². The molecule has 2 aromatic heterocycles. The molecule has 4 rings (SSSR count). The third-order valence-electron chi connectivity index (χ3n) is 4.77. The van der Waals surface area contributed by atoms with E-state index in [0.717, 1.165) is 6.33 Å². The summed E-state index contributed by atoms with van der Waals surface area (Å²) in [6.45, 7) is 4.00. The molecule has 10 nitrogen and oxygen atoms in total. The monoisotopic (exact) mass is 391 g/mol. The van der Waals surface area contributed by atoms with Gasteiger partial charge in [-0.3, -0.25) is 4.79 Å². The van der Waals surface area contributed by atoms with Gasteiger partial charge >= 0.3 is 0 Å². The van der Waals surface area contributed by atoms with E-state index in [9.17, 15) is 19.6 Å². The maximum absolute atomic E-state index is 14.7. The lowest BCUT2D eigenvalue weighted by Crippen LogP contribution is -2.45. The van der Waals surface area contributed by atoms with Gasteiger partial charge in [-0.05, 0) is 13.8 Å². The van der Waals surface area contributed by atoms with Gasteiger partial charge in [-0.25, -0.2) is 13.9 Å². The number of hydrogen-bond acceptors (Lipinski definition) is 8. The van der Waals surface area contributed by atoms with Gasteiger partial charge in [-0.1, -0.05) is 0 Å². The first-order chi connectivity index (χ1) is 13.2. The second-order valence-corrected chi connectivity index (χ2v) is 7.19. The molecule has 0 aromatic carbocycles. The standard InChI is InChI=1S/C17H18FN5O5/c1-8(25)22-15-11-9(18)4-10(23(11)21-7-20-15)12-13-14(28-16(2,3)26-13)17(5-19,6-24)27-12/h4,7,12-14,24H,6H2,1-3H3,(H,20,21,22,25)/t12-,13-,14-,17+/m0/s1. The lowest BCUT2D eigenvalue weighted by molar-refractivity contribution is -0.205. The van der Waals surface area contributed by atoms with Gasteiger partial charge in [0.15, 0.2) is 17.4 Å². The van der Waals surface area contributed by atoms with E-state index in [4.69, 9.17) is 14.2 Å². The summed E-state index contributed by atoms with van der Waals surface area (Å²) in [5.41, 5.74) is -1.48. The average molecular weight is 391 g/mol. The first-order valence-electron chi connectivity index (χ1n) is 8.56. The van der Waals surface area contributed by atoms with Crippen molar-refractivity contribution in [2.45, 2.75) is 50.5 Å². The van der Waals surface area contributed by atoms with Crippen molar-refractivity contribution in [2.24, 2.45) is 0 Å². The van der Waals surface area contributed by atoms with E-state index in [2.05, 4.69) is 15.4 Å². The highest BCUT2D eigenvalue weighted by molar-refractivity contribution is 5.92. The maximum atomic E-state index is 14.7. The predicted molar refractivity (Wildman–Crippen MR) is 90.3 cm³/mol. The van der Waals surface area contributed by atoms with Gasteiger partial charge in [-0.15, -0.1) is 0 Å². The summed E-state index contributed by atoms with van der Waals surface area (Å²) in [5, 5.41) is 26.0. The molecule has 148 valence electrons. The number of amides is 1. The normalized spacial score (nSPS) is 30.9. The van der Waals surface area contributed by atoms with Crippen molar-refractivity contribution in [2.75, 3.05) is 11.9 Å². The number of fused-ring (bicyclic) bond motifs is 2. The number of carbonyl (C=O) groups is 1. The van der Waals surface area contributed by atoms with Gasteiger partial charge in [0.2, 0.25) is 11.5 Å². The molecule has 0 saturated carbocycles. The maximum Gasteiger partial charge on any atom is 0.222 e. The van der Waals surface area contributed by atoms with Crippen LogP contribution in [0.4, 0.5) is 10.2 Å². The Morgan fingerprint density at radius 1 is 1.46 bits per heavy atom. The molecule has 2 aliphatic heterocycles. The summed E-state index contributed by atoms with van der Waals surface area (Å²) >= 11 is 0. The fourth-order valence-electron chi connectivity index (χ4n) is 3.70. The van der Waals surface area contributed by atoms with Crippen molar-refractivity contribution in [3.63, 3.8) is 0 Å². The Balaban J connectivity index is 1.84. The molecule has 0 spiro atoms. The lowest BCUT2D eigenvalue weighted by atomic mass is 9.96. The molecule has 11 heteroatoms. The fourth-order valence-corrected chi connectivity index (χ4v) is 3.70. The van der Waals surface area contributed by atoms with Crippen molar-refractivity contribution in [3.8, 4) is 6.07 Å². The van der Waals surface area contributed by atoms with Crippen molar-refractivity contribution in [1.29, 1.82) is 5.26 Å². The molecule has 2 saturated heterocycles. The molecular weight excluding hydrogens is 373 g/mol. The van der Waals surface area contributed by atoms with Crippen LogP contribution in [0, 0.1) is 17.1 Å². The predicted octanol–water partition coefficient (Wildman–Crippen LogP) is 0.673. The molecule has 4 heterocycles. The topological polar surface area (TPSA) is 131 Å².